The second-order valence-electron chi connectivity index (χ2n) is 5.60. The summed E-state index contributed by atoms with van der Waals surface area (Å²) in [6.45, 7) is 5.58. The van der Waals surface area contributed by atoms with Crippen LogP contribution in [0.1, 0.15) is 52.9 Å². The number of rotatable bonds is 4. The van der Waals surface area contributed by atoms with Gasteiger partial charge in [-0.25, -0.2) is 4.79 Å². The van der Waals surface area contributed by atoms with Crippen molar-refractivity contribution in [3.8, 4) is 0 Å². The second kappa shape index (κ2) is 6.57. The number of carbonyl (C=O) groups is 2. The van der Waals surface area contributed by atoms with Gasteiger partial charge in [0.15, 0.2) is 0 Å². The summed E-state index contributed by atoms with van der Waals surface area (Å²) in [7, 11) is 0. The fourth-order valence-electron chi connectivity index (χ4n) is 1.98. The molecular formula is C14H23NO3. The van der Waals surface area contributed by atoms with Crippen LogP contribution in [0, 0.1) is 0 Å². The number of allylic oxidation sites excluding steroid dienone is 1. The predicted molar refractivity (Wildman–Crippen MR) is 70.2 cm³/mol. The third-order valence-corrected chi connectivity index (χ3v) is 2.79. The third-order valence-electron chi connectivity index (χ3n) is 2.79. The summed E-state index contributed by atoms with van der Waals surface area (Å²) in [5.41, 5.74) is -0.476. The number of hydrogen-bond acceptors (Lipinski definition) is 3. The molecule has 1 aliphatic rings. The van der Waals surface area contributed by atoms with Crippen molar-refractivity contribution in [1.29, 1.82) is 0 Å². The van der Waals surface area contributed by atoms with Crippen molar-refractivity contribution in [1.82, 2.24) is 4.90 Å². The number of ether oxygens (including phenoxy) is 1. The smallest absolute Gasteiger partial charge is 0.414 e. The van der Waals surface area contributed by atoms with E-state index in [0.717, 1.165) is 32.0 Å². The predicted octanol–water partition coefficient (Wildman–Crippen LogP) is 3.27. The van der Waals surface area contributed by atoms with Gasteiger partial charge < -0.3 is 9.53 Å². The molecule has 1 heterocycles. The summed E-state index contributed by atoms with van der Waals surface area (Å²) in [6.07, 6.45) is 8.57. The molecule has 0 N–H and O–H groups in total. The van der Waals surface area contributed by atoms with Crippen LogP contribution in [0.15, 0.2) is 12.3 Å². The number of amides is 1. The molecule has 0 aromatic rings. The highest BCUT2D eigenvalue weighted by Crippen LogP contribution is 2.22. The normalized spacial score (nSPS) is 19.7. The van der Waals surface area contributed by atoms with Crippen molar-refractivity contribution < 1.29 is 14.3 Å². The van der Waals surface area contributed by atoms with E-state index in [0.29, 0.717) is 6.42 Å². The van der Waals surface area contributed by atoms with Crippen LogP contribution in [0.5, 0.6) is 0 Å². The first-order valence-corrected chi connectivity index (χ1v) is 6.55. The lowest BCUT2D eigenvalue weighted by atomic mass is 10.0. The summed E-state index contributed by atoms with van der Waals surface area (Å²) in [4.78, 5) is 24.0. The lowest BCUT2D eigenvalue weighted by Crippen LogP contribution is -2.41. The first kappa shape index (κ1) is 14.7. The number of carbonyl (C=O) groups excluding carboxylic acids is 2. The Hall–Kier alpha value is -1.32. The topological polar surface area (TPSA) is 46.6 Å². The average Bonchev–Trinajstić information content (AvgIpc) is 2.27. The van der Waals surface area contributed by atoms with Crippen molar-refractivity contribution in [2.75, 3.05) is 0 Å². The summed E-state index contributed by atoms with van der Waals surface area (Å²) in [6, 6.07) is 0.157. The quantitative estimate of drug-likeness (QED) is 0.570. The maximum atomic E-state index is 12.0. The third kappa shape index (κ3) is 4.90. The Balaban J connectivity index is 2.58. The van der Waals surface area contributed by atoms with Crippen LogP contribution in [0.2, 0.25) is 0 Å². The van der Waals surface area contributed by atoms with Crippen LogP contribution >= 0.6 is 0 Å². The van der Waals surface area contributed by atoms with E-state index in [-0.39, 0.29) is 12.1 Å². The number of aldehydes is 1. The average molecular weight is 253 g/mol. The second-order valence-corrected chi connectivity index (χ2v) is 5.60. The number of unbranched alkanes of at least 4 members (excludes halogenated alkanes) is 1. The van der Waals surface area contributed by atoms with E-state index in [2.05, 4.69) is 0 Å². The van der Waals surface area contributed by atoms with E-state index in [4.69, 9.17) is 4.74 Å². The van der Waals surface area contributed by atoms with Crippen LogP contribution in [0.4, 0.5) is 4.79 Å². The molecule has 18 heavy (non-hydrogen) atoms. The van der Waals surface area contributed by atoms with E-state index >= 15 is 0 Å². The Morgan fingerprint density at radius 3 is 2.83 bits per heavy atom. The van der Waals surface area contributed by atoms with E-state index in [9.17, 15) is 9.59 Å². The number of nitrogens with zero attached hydrogens (tertiary/aromatic N) is 1. The van der Waals surface area contributed by atoms with E-state index in [1.165, 1.54) is 0 Å². The SMILES string of the molecule is CC(C)(C)OC(=O)N1C=CCCC1CCCC=O. The lowest BCUT2D eigenvalue weighted by molar-refractivity contribution is -0.107. The van der Waals surface area contributed by atoms with Gasteiger partial charge in [-0.15, -0.1) is 0 Å². The molecule has 4 nitrogen and oxygen atoms in total. The van der Waals surface area contributed by atoms with E-state index in [1.807, 2.05) is 33.0 Å². The minimum absolute atomic E-state index is 0.157. The molecule has 1 amide bonds. The van der Waals surface area contributed by atoms with Crippen molar-refractivity contribution in [2.45, 2.75) is 64.5 Å². The molecule has 4 heteroatoms. The maximum Gasteiger partial charge on any atom is 0.414 e. The lowest BCUT2D eigenvalue weighted by Gasteiger charge is -2.33. The highest BCUT2D eigenvalue weighted by molar-refractivity contribution is 5.70. The maximum absolute atomic E-state index is 12.0. The van der Waals surface area contributed by atoms with Gasteiger partial charge in [0, 0.05) is 18.7 Å². The van der Waals surface area contributed by atoms with Crippen LogP contribution in [-0.4, -0.2) is 28.9 Å². The first-order valence-electron chi connectivity index (χ1n) is 6.55. The monoisotopic (exact) mass is 253 g/mol. The largest absolute Gasteiger partial charge is 0.443 e. The Labute approximate surface area is 109 Å². The van der Waals surface area contributed by atoms with Crippen LogP contribution < -0.4 is 0 Å². The summed E-state index contributed by atoms with van der Waals surface area (Å²) >= 11 is 0. The zero-order valence-corrected chi connectivity index (χ0v) is 11.5. The molecule has 1 rings (SSSR count). The van der Waals surface area contributed by atoms with Gasteiger partial charge in [0.25, 0.3) is 0 Å². The van der Waals surface area contributed by atoms with Gasteiger partial charge in [-0.2, -0.15) is 0 Å². The molecule has 0 aromatic heterocycles. The molecule has 0 spiro atoms. The van der Waals surface area contributed by atoms with Gasteiger partial charge in [0.2, 0.25) is 0 Å². The van der Waals surface area contributed by atoms with Gasteiger partial charge >= 0.3 is 6.09 Å². The van der Waals surface area contributed by atoms with Gasteiger partial charge in [-0.3, -0.25) is 4.90 Å². The fraction of sp³-hybridized carbons (Fsp3) is 0.714. The highest BCUT2D eigenvalue weighted by atomic mass is 16.6. The van der Waals surface area contributed by atoms with Crippen molar-refractivity contribution >= 4 is 12.4 Å². The first-order chi connectivity index (χ1) is 8.44. The molecule has 0 aliphatic carbocycles. The molecule has 1 aliphatic heterocycles. The summed E-state index contributed by atoms with van der Waals surface area (Å²) in [5, 5.41) is 0. The molecule has 1 unspecified atom stereocenters. The minimum atomic E-state index is -0.476. The Morgan fingerprint density at radius 2 is 2.22 bits per heavy atom. The Bertz CT molecular complexity index is 317. The van der Waals surface area contributed by atoms with E-state index < -0.39 is 5.60 Å². The molecule has 1 atom stereocenters. The van der Waals surface area contributed by atoms with Gasteiger partial charge in [0.1, 0.15) is 11.9 Å². The molecular weight excluding hydrogens is 230 g/mol. The van der Waals surface area contributed by atoms with Gasteiger partial charge in [0.05, 0.1) is 0 Å². The summed E-state index contributed by atoms with van der Waals surface area (Å²) in [5.74, 6) is 0. The molecule has 102 valence electrons. The van der Waals surface area contributed by atoms with Crippen LogP contribution in [0.3, 0.4) is 0 Å². The van der Waals surface area contributed by atoms with Gasteiger partial charge in [-0.1, -0.05) is 6.08 Å². The zero-order valence-electron chi connectivity index (χ0n) is 11.5. The molecule has 0 saturated heterocycles. The molecule has 0 fully saturated rings. The van der Waals surface area contributed by atoms with Crippen LogP contribution in [-0.2, 0) is 9.53 Å². The molecule has 0 bridgehead atoms. The Kier molecular flexibility index (Phi) is 5.38. The molecule has 0 aromatic carbocycles. The molecule has 0 saturated carbocycles. The standard InChI is InChI=1S/C14H23NO3/c1-14(2,3)18-13(17)15-10-6-4-8-12(15)9-5-7-11-16/h6,10-12H,4-5,7-9H2,1-3H3. The van der Waals surface area contributed by atoms with Crippen LogP contribution in [0.25, 0.3) is 0 Å². The van der Waals surface area contributed by atoms with E-state index in [1.54, 1.807) is 4.90 Å². The fourth-order valence-corrected chi connectivity index (χ4v) is 1.98. The number of hydrogen-bond donors (Lipinski definition) is 0. The Morgan fingerprint density at radius 1 is 1.50 bits per heavy atom. The van der Waals surface area contributed by atoms with Crippen molar-refractivity contribution in [3.63, 3.8) is 0 Å². The minimum Gasteiger partial charge on any atom is -0.443 e. The van der Waals surface area contributed by atoms with Gasteiger partial charge in [-0.05, 0) is 46.5 Å². The zero-order chi connectivity index (χ0) is 13.6. The van der Waals surface area contributed by atoms with Crippen molar-refractivity contribution in [2.24, 2.45) is 0 Å². The highest BCUT2D eigenvalue weighted by Gasteiger charge is 2.27. The molecule has 0 radical (unpaired) electrons. The summed E-state index contributed by atoms with van der Waals surface area (Å²) < 4.78 is 5.38. The van der Waals surface area contributed by atoms with Crippen molar-refractivity contribution in [3.05, 3.63) is 12.3 Å².